The molecule has 1 aromatic carbocycles. The quantitative estimate of drug-likeness (QED) is 0.908. The van der Waals surface area contributed by atoms with Crippen LogP contribution in [0.2, 0.25) is 5.02 Å². The second-order valence-electron chi connectivity index (χ2n) is 3.32. The Bertz CT molecular complexity index is 496. The first-order valence-electron chi connectivity index (χ1n) is 4.87. The van der Waals surface area contributed by atoms with Gasteiger partial charge in [0.2, 0.25) is 0 Å². The van der Waals surface area contributed by atoms with E-state index in [2.05, 4.69) is 6.07 Å². The van der Waals surface area contributed by atoms with Gasteiger partial charge in [-0.15, -0.1) is 11.3 Å². The molecule has 0 aliphatic rings. The highest BCUT2D eigenvalue weighted by Crippen LogP contribution is 2.33. The highest BCUT2D eigenvalue weighted by Gasteiger charge is 2.05. The summed E-state index contributed by atoms with van der Waals surface area (Å²) in [5, 5.41) is 0.627. The van der Waals surface area contributed by atoms with Gasteiger partial charge in [-0.1, -0.05) is 11.6 Å². The van der Waals surface area contributed by atoms with E-state index in [1.165, 1.54) is 9.75 Å². The molecule has 1 aromatic heterocycles. The molecule has 0 saturated carbocycles. The van der Waals surface area contributed by atoms with Gasteiger partial charge in [-0.05, 0) is 35.9 Å². The predicted octanol–water partition coefficient (Wildman–Crippen LogP) is 3.54. The molecule has 2 nitrogen and oxygen atoms in total. The first-order chi connectivity index (χ1) is 7.74. The molecule has 2 rings (SSSR count). The summed E-state index contributed by atoms with van der Waals surface area (Å²) in [5.41, 5.74) is 6.67. The van der Waals surface area contributed by atoms with Crippen molar-refractivity contribution in [3.8, 4) is 16.2 Å². The van der Waals surface area contributed by atoms with Gasteiger partial charge < -0.3 is 10.5 Å². The lowest BCUT2D eigenvalue weighted by molar-refractivity contribution is 0.415. The fraction of sp³-hybridized carbons (Fsp3) is 0.167. The van der Waals surface area contributed by atoms with Gasteiger partial charge in [-0.3, -0.25) is 0 Å². The normalized spacial score (nSPS) is 10.4. The molecule has 0 fully saturated rings. The van der Waals surface area contributed by atoms with Gasteiger partial charge in [0, 0.05) is 16.3 Å². The van der Waals surface area contributed by atoms with Crippen LogP contribution in [0.25, 0.3) is 10.4 Å². The third kappa shape index (κ3) is 2.21. The van der Waals surface area contributed by atoms with Crippen LogP contribution in [0, 0.1) is 0 Å². The zero-order valence-corrected chi connectivity index (χ0v) is 10.4. The zero-order chi connectivity index (χ0) is 11.5. The van der Waals surface area contributed by atoms with Crippen LogP contribution in [0.15, 0.2) is 30.3 Å². The van der Waals surface area contributed by atoms with Crippen molar-refractivity contribution < 1.29 is 4.74 Å². The Labute approximate surface area is 104 Å². The first kappa shape index (κ1) is 11.5. The molecule has 0 unspecified atom stereocenters. The van der Waals surface area contributed by atoms with E-state index >= 15 is 0 Å². The number of ether oxygens (including phenoxy) is 1. The van der Waals surface area contributed by atoms with Gasteiger partial charge >= 0.3 is 0 Å². The van der Waals surface area contributed by atoms with Crippen molar-refractivity contribution >= 4 is 22.9 Å². The summed E-state index contributed by atoms with van der Waals surface area (Å²) in [6, 6.07) is 9.88. The van der Waals surface area contributed by atoms with Gasteiger partial charge in [0.25, 0.3) is 0 Å². The van der Waals surface area contributed by atoms with Crippen LogP contribution in [-0.2, 0) is 6.54 Å². The maximum Gasteiger partial charge on any atom is 0.137 e. The molecule has 0 radical (unpaired) electrons. The smallest absolute Gasteiger partial charge is 0.137 e. The van der Waals surface area contributed by atoms with Crippen LogP contribution in [-0.4, -0.2) is 7.11 Å². The maximum atomic E-state index is 6.08. The van der Waals surface area contributed by atoms with Gasteiger partial charge in [-0.25, -0.2) is 0 Å². The SMILES string of the molecule is COc1ccc(-c2ccc(CN)s2)cc1Cl. The van der Waals surface area contributed by atoms with E-state index in [9.17, 15) is 0 Å². The number of thiophene rings is 1. The topological polar surface area (TPSA) is 35.2 Å². The molecule has 0 amide bonds. The largest absolute Gasteiger partial charge is 0.495 e. The molecule has 0 aliphatic carbocycles. The predicted molar refractivity (Wildman–Crippen MR) is 69.2 cm³/mol. The van der Waals surface area contributed by atoms with E-state index in [1.807, 2.05) is 24.3 Å². The summed E-state index contributed by atoms with van der Waals surface area (Å²) in [4.78, 5) is 2.34. The molecule has 1 heterocycles. The van der Waals surface area contributed by atoms with Crippen molar-refractivity contribution in [2.45, 2.75) is 6.54 Å². The number of hydrogen-bond acceptors (Lipinski definition) is 3. The standard InChI is InChI=1S/C12H12ClNOS/c1-15-11-4-2-8(6-10(11)13)12-5-3-9(7-14)16-12/h2-6H,7,14H2,1H3. The van der Waals surface area contributed by atoms with E-state index in [0.717, 1.165) is 5.56 Å². The molecular weight excluding hydrogens is 242 g/mol. The molecule has 84 valence electrons. The molecule has 16 heavy (non-hydrogen) atoms. The molecule has 0 spiro atoms. The van der Waals surface area contributed by atoms with Gasteiger partial charge in [0.15, 0.2) is 0 Å². The Hall–Kier alpha value is -1.03. The third-order valence-electron chi connectivity index (χ3n) is 2.30. The summed E-state index contributed by atoms with van der Waals surface area (Å²) in [6.07, 6.45) is 0. The average molecular weight is 254 g/mol. The van der Waals surface area contributed by atoms with Crippen LogP contribution in [0.4, 0.5) is 0 Å². The lowest BCUT2D eigenvalue weighted by atomic mass is 10.2. The van der Waals surface area contributed by atoms with Crippen LogP contribution < -0.4 is 10.5 Å². The van der Waals surface area contributed by atoms with Crippen LogP contribution in [0.5, 0.6) is 5.75 Å². The summed E-state index contributed by atoms with van der Waals surface area (Å²) < 4.78 is 5.11. The molecule has 0 bridgehead atoms. The lowest BCUT2D eigenvalue weighted by Gasteiger charge is -2.04. The second kappa shape index (κ2) is 4.87. The van der Waals surface area contributed by atoms with Crippen LogP contribution in [0.3, 0.4) is 0 Å². The van der Waals surface area contributed by atoms with Crippen LogP contribution in [0.1, 0.15) is 4.88 Å². The number of nitrogens with two attached hydrogens (primary N) is 1. The number of methoxy groups -OCH3 is 1. The van der Waals surface area contributed by atoms with Crippen molar-refractivity contribution in [1.82, 2.24) is 0 Å². The Morgan fingerprint density at radius 3 is 2.69 bits per heavy atom. The van der Waals surface area contributed by atoms with E-state index in [-0.39, 0.29) is 0 Å². The molecule has 2 aromatic rings. The van der Waals surface area contributed by atoms with E-state index < -0.39 is 0 Å². The fourth-order valence-corrected chi connectivity index (χ4v) is 2.60. The Balaban J connectivity index is 2.37. The van der Waals surface area contributed by atoms with Crippen molar-refractivity contribution in [2.75, 3.05) is 7.11 Å². The summed E-state index contributed by atoms with van der Waals surface area (Å²) in [5.74, 6) is 0.695. The highest BCUT2D eigenvalue weighted by molar-refractivity contribution is 7.15. The zero-order valence-electron chi connectivity index (χ0n) is 8.87. The highest BCUT2D eigenvalue weighted by atomic mass is 35.5. The Morgan fingerprint density at radius 2 is 2.12 bits per heavy atom. The molecule has 0 atom stereocenters. The van der Waals surface area contributed by atoms with E-state index in [4.69, 9.17) is 22.1 Å². The maximum absolute atomic E-state index is 6.08. The Morgan fingerprint density at radius 1 is 1.31 bits per heavy atom. The average Bonchev–Trinajstić information content (AvgIpc) is 2.77. The van der Waals surface area contributed by atoms with Crippen molar-refractivity contribution in [2.24, 2.45) is 5.73 Å². The third-order valence-corrected chi connectivity index (χ3v) is 3.75. The molecule has 0 aliphatic heterocycles. The van der Waals surface area contributed by atoms with Gasteiger partial charge in [0.05, 0.1) is 12.1 Å². The molecule has 2 N–H and O–H groups in total. The summed E-state index contributed by atoms with van der Waals surface area (Å²) >= 11 is 7.76. The number of benzene rings is 1. The second-order valence-corrected chi connectivity index (χ2v) is 4.89. The van der Waals surface area contributed by atoms with Crippen LogP contribution >= 0.6 is 22.9 Å². The van der Waals surface area contributed by atoms with Crippen molar-refractivity contribution in [3.63, 3.8) is 0 Å². The summed E-state index contributed by atoms with van der Waals surface area (Å²) in [7, 11) is 1.61. The van der Waals surface area contributed by atoms with Gasteiger partial charge in [-0.2, -0.15) is 0 Å². The molecular formula is C12H12ClNOS. The minimum absolute atomic E-state index is 0.578. The summed E-state index contributed by atoms with van der Waals surface area (Å²) in [6.45, 7) is 0.578. The first-order valence-corrected chi connectivity index (χ1v) is 6.06. The number of halogens is 1. The van der Waals surface area contributed by atoms with Crippen molar-refractivity contribution in [3.05, 3.63) is 40.2 Å². The minimum Gasteiger partial charge on any atom is -0.495 e. The van der Waals surface area contributed by atoms with Crippen molar-refractivity contribution in [1.29, 1.82) is 0 Å². The molecule has 4 heteroatoms. The van der Waals surface area contributed by atoms with E-state index in [1.54, 1.807) is 18.4 Å². The van der Waals surface area contributed by atoms with E-state index in [0.29, 0.717) is 17.3 Å². The number of hydrogen-bond donors (Lipinski definition) is 1. The number of rotatable bonds is 3. The monoisotopic (exact) mass is 253 g/mol. The fourth-order valence-electron chi connectivity index (χ4n) is 1.46. The lowest BCUT2D eigenvalue weighted by Crippen LogP contribution is -1.91. The van der Waals surface area contributed by atoms with Gasteiger partial charge in [0.1, 0.15) is 5.75 Å². The Kier molecular flexibility index (Phi) is 3.49. The molecule has 0 saturated heterocycles. The minimum atomic E-state index is 0.578.